The van der Waals surface area contributed by atoms with Crippen molar-refractivity contribution in [2.45, 2.75) is 237 Å². The average molecular weight is 1070 g/mol. The lowest BCUT2D eigenvalue weighted by Crippen LogP contribution is -2.61. The third-order valence-electron chi connectivity index (χ3n) is 12.2. The highest BCUT2D eigenvalue weighted by molar-refractivity contribution is 5.74. The zero-order chi connectivity index (χ0) is 56.1. The molecule has 0 aliphatic carbocycles. The number of carboxylic acid groups (broad SMARTS) is 1. The number of aliphatic carboxylic acids is 1. The molecule has 12 nitrogen and oxygen atoms in total. The Hall–Kier alpha value is -5.14. The van der Waals surface area contributed by atoms with E-state index in [1.807, 2.05) is 12.2 Å². The Morgan fingerprint density at radius 3 is 1.31 bits per heavy atom. The van der Waals surface area contributed by atoms with E-state index in [-0.39, 0.29) is 25.9 Å². The van der Waals surface area contributed by atoms with E-state index in [0.29, 0.717) is 25.7 Å². The Labute approximate surface area is 464 Å². The van der Waals surface area contributed by atoms with Crippen molar-refractivity contribution >= 4 is 23.9 Å². The van der Waals surface area contributed by atoms with E-state index in [4.69, 9.17) is 23.7 Å². The first-order valence-corrected chi connectivity index (χ1v) is 29.2. The summed E-state index contributed by atoms with van der Waals surface area (Å²) in [5.74, 6) is -3.32. The fourth-order valence-electron chi connectivity index (χ4n) is 7.79. The molecule has 0 aromatic heterocycles. The molecule has 1 saturated heterocycles. The number of carboxylic acids is 1. The quantitative estimate of drug-likeness (QED) is 0.0228. The first-order valence-electron chi connectivity index (χ1n) is 29.2. The summed E-state index contributed by atoms with van der Waals surface area (Å²) < 4.78 is 28.3. The number of ether oxygens (including phenoxy) is 5. The number of hydrogen-bond acceptors (Lipinski definition) is 11. The first kappa shape index (κ1) is 69.9. The van der Waals surface area contributed by atoms with Crippen molar-refractivity contribution in [1.29, 1.82) is 0 Å². The molecule has 1 heterocycles. The van der Waals surface area contributed by atoms with Gasteiger partial charge in [0.05, 0.1) is 6.61 Å². The van der Waals surface area contributed by atoms with Crippen molar-refractivity contribution < 1.29 is 58.2 Å². The molecule has 0 radical (unpaired) electrons. The number of allylic oxidation sites excluding steroid dienone is 22. The van der Waals surface area contributed by atoms with Crippen molar-refractivity contribution in [2.75, 3.05) is 13.2 Å². The Morgan fingerprint density at radius 2 is 0.844 bits per heavy atom. The molecule has 0 spiro atoms. The molecular formula is C65H100O12. The van der Waals surface area contributed by atoms with Gasteiger partial charge in [0.2, 0.25) is 0 Å². The van der Waals surface area contributed by atoms with Gasteiger partial charge in [0.25, 0.3) is 0 Å². The highest BCUT2D eigenvalue weighted by atomic mass is 16.7. The molecule has 12 heteroatoms. The number of carbonyl (C=O) groups is 4. The normalized spacial score (nSPS) is 19.0. The van der Waals surface area contributed by atoms with Crippen LogP contribution in [0.2, 0.25) is 0 Å². The van der Waals surface area contributed by atoms with Gasteiger partial charge in [-0.3, -0.25) is 14.4 Å². The maximum atomic E-state index is 13.1. The Morgan fingerprint density at radius 1 is 0.442 bits per heavy atom. The molecule has 1 aliphatic heterocycles. The van der Waals surface area contributed by atoms with Crippen molar-refractivity contribution in [3.63, 3.8) is 0 Å². The summed E-state index contributed by atoms with van der Waals surface area (Å²) in [6.07, 6.45) is 60.1. The van der Waals surface area contributed by atoms with Crippen LogP contribution in [0.25, 0.3) is 0 Å². The predicted octanol–water partition coefficient (Wildman–Crippen LogP) is 15.0. The zero-order valence-corrected chi connectivity index (χ0v) is 47.4. The highest BCUT2D eigenvalue weighted by Crippen LogP contribution is 2.26. The average Bonchev–Trinajstić information content (AvgIpc) is 3.42. The minimum atomic E-state index is -1.93. The largest absolute Gasteiger partial charge is 0.479 e. The van der Waals surface area contributed by atoms with Crippen molar-refractivity contribution in [3.05, 3.63) is 134 Å². The minimum Gasteiger partial charge on any atom is -0.479 e. The van der Waals surface area contributed by atoms with E-state index < -0.39 is 67.3 Å². The van der Waals surface area contributed by atoms with E-state index in [0.717, 1.165) is 116 Å². The molecule has 0 aromatic rings. The lowest BCUT2D eigenvalue weighted by molar-refractivity contribution is -0.301. The Balaban J connectivity index is 2.76. The third-order valence-corrected chi connectivity index (χ3v) is 12.2. The van der Waals surface area contributed by atoms with E-state index in [1.54, 1.807) is 0 Å². The number of carbonyl (C=O) groups excluding carboxylic acids is 3. The van der Waals surface area contributed by atoms with E-state index >= 15 is 0 Å². The molecule has 0 bridgehead atoms. The number of unbranched alkanes of at least 4 members (excludes halogenated alkanes) is 11. The summed E-state index contributed by atoms with van der Waals surface area (Å²) >= 11 is 0. The maximum absolute atomic E-state index is 13.1. The van der Waals surface area contributed by atoms with Crippen molar-refractivity contribution in [2.24, 2.45) is 0 Å². The number of aliphatic hydroxyl groups is 2. The summed E-state index contributed by atoms with van der Waals surface area (Å²) in [7, 11) is 0. The summed E-state index contributed by atoms with van der Waals surface area (Å²) in [5.41, 5.74) is 0. The summed E-state index contributed by atoms with van der Waals surface area (Å²) in [6.45, 7) is 5.62. The molecule has 6 unspecified atom stereocenters. The van der Waals surface area contributed by atoms with Crippen LogP contribution in [-0.2, 0) is 42.9 Å². The van der Waals surface area contributed by atoms with E-state index in [1.165, 1.54) is 19.3 Å². The first-order chi connectivity index (χ1) is 37.6. The van der Waals surface area contributed by atoms with Gasteiger partial charge in [-0.1, -0.05) is 193 Å². The van der Waals surface area contributed by atoms with Gasteiger partial charge in [-0.2, -0.15) is 0 Å². The Kier molecular flexibility index (Phi) is 46.8. The van der Waals surface area contributed by atoms with Crippen molar-refractivity contribution in [3.8, 4) is 0 Å². The van der Waals surface area contributed by atoms with Gasteiger partial charge in [0, 0.05) is 19.3 Å². The molecule has 0 aromatic carbocycles. The zero-order valence-electron chi connectivity index (χ0n) is 47.4. The van der Waals surface area contributed by atoms with Gasteiger partial charge >= 0.3 is 23.9 Å². The van der Waals surface area contributed by atoms with Crippen LogP contribution in [-0.4, -0.2) is 89.2 Å². The van der Waals surface area contributed by atoms with Crippen LogP contribution in [0.4, 0.5) is 0 Å². The third kappa shape index (κ3) is 41.6. The molecule has 3 N–H and O–H groups in total. The maximum Gasteiger partial charge on any atom is 0.335 e. The summed E-state index contributed by atoms with van der Waals surface area (Å²) in [5, 5.41) is 31.5. The van der Waals surface area contributed by atoms with E-state index in [2.05, 4.69) is 142 Å². The minimum absolute atomic E-state index is 0.0247. The molecule has 0 saturated carbocycles. The van der Waals surface area contributed by atoms with Crippen LogP contribution < -0.4 is 0 Å². The topological polar surface area (TPSA) is 175 Å². The molecule has 0 amide bonds. The number of aliphatic hydroxyl groups excluding tert-OH is 2. The fraction of sp³-hybridized carbons (Fsp3) is 0.600. The number of hydrogen-bond donors (Lipinski definition) is 3. The lowest BCUT2D eigenvalue weighted by Gasteiger charge is -2.40. The monoisotopic (exact) mass is 1070 g/mol. The van der Waals surface area contributed by atoms with Gasteiger partial charge in [-0.25, -0.2) is 4.79 Å². The molecule has 1 rings (SSSR count). The van der Waals surface area contributed by atoms with Gasteiger partial charge in [0.1, 0.15) is 18.8 Å². The summed E-state index contributed by atoms with van der Waals surface area (Å²) in [6, 6.07) is 0. The van der Waals surface area contributed by atoms with Crippen LogP contribution in [0.1, 0.15) is 201 Å². The van der Waals surface area contributed by atoms with Gasteiger partial charge in [-0.15, -0.1) is 0 Å². The van der Waals surface area contributed by atoms with Gasteiger partial charge < -0.3 is 39.0 Å². The molecule has 77 heavy (non-hydrogen) atoms. The van der Waals surface area contributed by atoms with Crippen LogP contribution >= 0.6 is 0 Å². The second-order valence-corrected chi connectivity index (χ2v) is 19.2. The van der Waals surface area contributed by atoms with Crippen LogP contribution in [0, 0.1) is 0 Å². The SMILES string of the molecule is CC/C=C\C/C=C\C/C=C\C/C=C\C/C=C\CCCCCC(=O)OCC(COC1OC(C(=O)O)C(O)C(O)C1OC(=O)CCCCCCC/C=C\C/C=C\CCCCC)OC(=O)CC/C=C\C/C=C\C/C=C\C/C=C\CC. The number of esters is 3. The van der Waals surface area contributed by atoms with Gasteiger partial charge in [-0.05, 0) is 122 Å². The lowest BCUT2D eigenvalue weighted by atomic mass is 9.98. The second-order valence-electron chi connectivity index (χ2n) is 19.2. The number of rotatable bonds is 47. The summed E-state index contributed by atoms with van der Waals surface area (Å²) in [4.78, 5) is 51.1. The molecule has 6 atom stereocenters. The fourth-order valence-corrected chi connectivity index (χ4v) is 7.79. The Bertz CT molecular complexity index is 1850. The molecule has 1 fully saturated rings. The molecule has 1 aliphatic rings. The smallest absolute Gasteiger partial charge is 0.335 e. The standard InChI is InChI=1S/C65H100O12/c1-4-7-10-13-16-19-22-25-27-28-29-30-32-34-36-39-42-45-48-51-57(66)73-54-56(75-58(67)52-49-46-43-40-37-33-24-21-18-15-12-9-6-3)55-74-65-63(61(70)60(69)62(77-65)64(71)72)76-59(68)53-50-47-44-41-38-35-31-26-23-20-17-14-11-8-5-2/h7,9-10,12,16-21,25-27,29-31,33-34,36-37,43,46,56,60-63,65,69-70H,4-6,8,11,13-15,22-24,28,32,35,38-42,44-45,47-55H2,1-3H3,(H,71,72)/b10-7-,12-9-,19-16-,20-17-,21-18-,27-25-,30-29-,31-26-,36-34-,37-33-,46-43-. The van der Waals surface area contributed by atoms with Crippen LogP contribution in [0.3, 0.4) is 0 Å². The molecular weight excluding hydrogens is 973 g/mol. The van der Waals surface area contributed by atoms with Gasteiger partial charge in [0.15, 0.2) is 24.6 Å². The molecule has 432 valence electrons. The van der Waals surface area contributed by atoms with E-state index in [9.17, 15) is 34.5 Å². The second kappa shape index (κ2) is 51.6. The van der Waals surface area contributed by atoms with Crippen LogP contribution in [0.5, 0.6) is 0 Å². The highest BCUT2D eigenvalue weighted by Gasteiger charge is 2.50. The van der Waals surface area contributed by atoms with Crippen LogP contribution in [0.15, 0.2) is 134 Å². The predicted molar refractivity (Wildman–Crippen MR) is 312 cm³/mol. The van der Waals surface area contributed by atoms with Crippen molar-refractivity contribution in [1.82, 2.24) is 0 Å².